The summed E-state index contributed by atoms with van der Waals surface area (Å²) in [4.78, 5) is 15.0. The van der Waals surface area contributed by atoms with Crippen molar-refractivity contribution < 1.29 is 4.79 Å². The Morgan fingerprint density at radius 1 is 1.24 bits per heavy atom. The van der Waals surface area contributed by atoms with Crippen molar-refractivity contribution in [3.8, 4) is 5.69 Å². The minimum Gasteiger partial charge on any atom is -0.336 e. The van der Waals surface area contributed by atoms with E-state index in [1.54, 1.807) is 0 Å². The van der Waals surface area contributed by atoms with E-state index in [1.807, 2.05) is 9.58 Å². The van der Waals surface area contributed by atoms with Crippen LogP contribution in [-0.2, 0) is 12.8 Å². The molecular weight excluding hydrogens is 312 g/mol. The molecule has 0 spiro atoms. The third-order valence-electron chi connectivity index (χ3n) is 5.46. The molecular formula is C20H26N4O. The van der Waals surface area contributed by atoms with Gasteiger partial charge in [0.2, 0.25) is 0 Å². The Balaban J connectivity index is 1.74. The molecule has 1 unspecified atom stereocenters. The molecule has 1 fully saturated rings. The Hall–Kier alpha value is -2.14. The van der Waals surface area contributed by atoms with Crippen molar-refractivity contribution in [3.63, 3.8) is 0 Å². The highest BCUT2D eigenvalue weighted by Gasteiger charge is 2.31. The van der Waals surface area contributed by atoms with Crippen molar-refractivity contribution in [2.24, 2.45) is 5.73 Å². The maximum atomic E-state index is 13.1. The number of carbonyl (C=O) groups excluding carboxylic acids is 1. The van der Waals surface area contributed by atoms with Crippen LogP contribution in [0.25, 0.3) is 5.69 Å². The number of amides is 1. The average molecular weight is 338 g/mol. The molecule has 2 aromatic rings. The molecule has 132 valence electrons. The van der Waals surface area contributed by atoms with Gasteiger partial charge in [0, 0.05) is 30.4 Å². The first-order valence-corrected chi connectivity index (χ1v) is 9.28. The van der Waals surface area contributed by atoms with E-state index in [2.05, 4.69) is 32.0 Å². The zero-order valence-corrected chi connectivity index (χ0v) is 15.1. The van der Waals surface area contributed by atoms with E-state index in [0.29, 0.717) is 12.2 Å². The van der Waals surface area contributed by atoms with E-state index in [1.165, 1.54) is 16.8 Å². The van der Waals surface area contributed by atoms with Gasteiger partial charge in [-0.25, -0.2) is 4.68 Å². The van der Waals surface area contributed by atoms with Crippen LogP contribution in [0.4, 0.5) is 0 Å². The lowest BCUT2D eigenvalue weighted by atomic mass is 10.1. The first kappa shape index (κ1) is 16.3. The largest absolute Gasteiger partial charge is 0.336 e. The number of fused-ring (bicyclic) bond motifs is 1. The van der Waals surface area contributed by atoms with Gasteiger partial charge in [0.25, 0.3) is 5.91 Å². The van der Waals surface area contributed by atoms with Crippen LogP contribution in [0.5, 0.6) is 0 Å². The van der Waals surface area contributed by atoms with Gasteiger partial charge in [-0.1, -0.05) is 17.7 Å². The fraction of sp³-hybridized carbons (Fsp3) is 0.500. The van der Waals surface area contributed by atoms with Gasteiger partial charge in [0.1, 0.15) is 0 Å². The maximum Gasteiger partial charge on any atom is 0.274 e. The molecule has 1 aliphatic carbocycles. The second-order valence-corrected chi connectivity index (χ2v) is 7.48. The van der Waals surface area contributed by atoms with Crippen LogP contribution in [-0.4, -0.2) is 39.7 Å². The lowest BCUT2D eigenvalue weighted by Crippen LogP contribution is -2.46. The Bertz CT molecular complexity index is 823. The van der Waals surface area contributed by atoms with Gasteiger partial charge in [-0.3, -0.25) is 4.79 Å². The molecule has 1 aliphatic heterocycles. The number of nitrogens with zero attached hydrogens (tertiary/aromatic N) is 3. The minimum absolute atomic E-state index is 0.0526. The van der Waals surface area contributed by atoms with Gasteiger partial charge in [0.15, 0.2) is 5.69 Å². The molecule has 2 N–H and O–H groups in total. The number of aromatic nitrogens is 2. The lowest BCUT2D eigenvalue weighted by molar-refractivity contribution is 0.0701. The molecule has 4 rings (SSSR count). The quantitative estimate of drug-likeness (QED) is 0.915. The zero-order valence-electron chi connectivity index (χ0n) is 15.1. The SMILES string of the molecule is Cc1ccc(-n2nc(C(=O)N3CCCC(N)C3)c3c2CCC3)c(C)c1. The Morgan fingerprint density at radius 2 is 2.08 bits per heavy atom. The maximum absolute atomic E-state index is 13.1. The fourth-order valence-electron chi connectivity index (χ4n) is 4.20. The minimum atomic E-state index is 0.0526. The second kappa shape index (κ2) is 6.30. The lowest BCUT2D eigenvalue weighted by Gasteiger charge is -2.30. The van der Waals surface area contributed by atoms with Gasteiger partial charge in [-0.2, -0.15) is 5.10 Å². The first-order chi connectivity index (χ1) is 12.0. The van der Waals surface area contributed by atoms with Crippen molar-refractivity contribution in [1.29, 1.82) is 0 Å². The number of benzene rings is 1. The van der Waals surface area contributed by atoms with Gasteiger partial charge in [-0.05, 0) is 57.6 Å². The fourth-order valence-corrected chi connectivity index (χ4v) is 4.20. The number of carbonyl (C=O) groups is 1. The van der Waals surface area contributed by atoms with Crippen LogP contribution in [0.15, 0.2) is 18.2 Å². The van der Waals surface area contributed by atoms with Crippen molar-refractivity contribution in [2.45, 2.75) is 52.0 Å². The summed E-state index contributed by atoms with van der Waals surface area (Å²) in [6, 6.07) is 6.48. The van der Waals surface area contributed by atoms with E-state index < -0.39 is 0 Å². The van der Waals surface area contributed by atoms with E-state index in [4.69, 9.17) is 10.8 Å². The van der Waals surface area contributed by atoms with Crippen LogP contribution in [0.3, 0.4) is 0 Å². The molecule has 0 saturated carbocycles. The zero-order chi connectivity index (χ0) is 17.6. The van der Waals surface area contributed by atoms with Crippen LogP contribution in [0, 0.1) is 13.8 Å². The molecule has 2 aliphatic rings. The summed E-state index contributed by atoms with van der Waals surface area (Å²) in [7, 11) is 0. The Kier molecular flexibility index (Phi) is 4.12. The summed E-state index contributed by atoms with van der Waals surface area (Å²) >= 11 is 0. The van der Waals surface area contributed by atoms with E-state index in [0.717, 1.165) is 49.9 Å². The molecule has 5 heteroatoms. The summed E-state index contributed by atoms with van der Waals surface area (Å²) < 4.78 is 2.01. The molecule has 1 aromatic carbocycles. The van der Waals surface area contributed by atoms with Gasteiger partial charge in [0.05, 0.1) is 5.69 Å². The van der Waals surface area contributed by atoms with Crippen molar-refractivity contribution >= 4 is 5.91 Å². The first-order valence-electron chi connectivity index (χ1n) is 9.28. The number of hydrogen-bond acceptors (Lipinski definition) is 3. The third kappa shape index (κ3) is 2.86. The Labute approximate surface area is 148 Å². The number of nitrogens with two attached hydrogens (primary N) is 1. The second-order valence-electron chi connectivity index (χ2n) is 7.48. The van der Waals surface area contributed by atoms with Crippen LogP contribution < -0.4 is 5.73 Å². The van der Waals surface area contributed by atoms with E-state index in [-0.39, 0.29) is 11.9 Å². The number of likely N-dealkylation sites (tertiary alicyclic amines) is 1. The predicted octanol–water partition coefficient (Wildman–Crippen LogP) is 2.54. The highest BCUT2D eigenvalue weighted by atomic mass is 16.2. The summed E-state index contributed by atoms with van der Waals surface area (Å²) in [5.41, 5.74) is 12.6. The summed E-state index contributed by atoms with van der Waals surface area (Å²) in [5.74, 6) is 0.0526. The molecule has 1 atom stereocenters. The molecule has 2 heterocycles. The summed E-state index contributed by atoms with van der Waals surface area (Å²) in [6.07, 6.45) is 5.01. The molecule has 5 nitrogen and oxygen atoms in total. The van der Waals surface area contributed by atoms with Gasteiger partial charge >= 0.3 is 0 Å². The predicted molar refractivity (Wildman–Crippen MR) is 98.2 cm³/mol. The number of aryl methyl sites for hydroxylation is 2. The molecule has 0 bridgehead atoms. The van der Waals surface area contributed by atoms with Gasteiger partial charge in [-0.15, -0.1) is 0 Å². The summed E-state index contributed by atoms with van der Waals surface area (Å²) in [5, 5.41) is 4.78. The Morgan fingerprint density at radius 3 is 2.84 bits per heavy atom. The smallest absolute Gasteiger partial charge is 0.274 e. The monoisotopic (exact) mass is 338 g/mol. The van der Waals surface area contributed by atoms with Crippen molar-refractivity contribution in [2.75, 3.05) is 13.1 Å². The standard InChI is InChI=1S/C20H26N4O/c1-13-8-9-17(14(2)11-13)24-18-7-3-6-16(18)19(22-24)20(25)23-10-4-5-15(21)12-23/h8-9,11,15H,3-7,10,12,21H2,1-2H3. The molecule has 25 heavy (non-hydrogen) atoms. The molecule has 0 radical (unpaired) electrons. The van der Waals surface area contributed by atoms with Crippen molar-refractivity contribution in [3.05, 3.63) is 46.3 Å². The highest BCUT2D eigenvalue weighted by Crippen LogP contribution is 2.30. The number of piperidine rings is 1. The topological polar surface area (TPSA) is 64.2 Å². The van der Waals surface area contributed by atoms with E-state index >= 15 is 0 Å². The molecule has 1 saturated heterocycles. The van der Waals surface area contributed by atoms with Crippen molar-refractivity contribution in [1.82, 2.24) is 14.7 Å². The highest BCUT2D eigenvalue weighted by molar-refractivity contribution is 5.94. The average Bonchev–Trinajstić information content (AvgIpc) is 3.17. The van der Waals surface area contributed by atoms with Crippen LogP contribution in [0.1, 0.15) is 52.1 Å². The third-order valence-corrected chi connectivity index (χ3v) is 5.46. The van der Waals surface area contributed by atoms with Crippen LogP contribution >= 0.6 is 0 Å². The van der Waals surface area contributed by atoms with Crippen LogP contribution in [0.2, 0.25) is 0 Å². The van der Waals surface area contributed by atoms with E-state index in [9.17, 15) is 4.79 Å². The van der Waals surface area contributed by atoms with Gasteiger partial charge < -0.3 is 10.6 Å². The number of hydrogen-bond donors (Lipinski definition) is 1. The molecule has 1 aromatic heterocycles. The summed E-state index contributed by atoms with van der Waals surface area (Å²) in [6.45, 7) is 5.64. The number of rotatable bonds is 2. The normalized spacial score (nSPS) is 20.0. The molecule has 1 amide bonds.